The Labute approximate surface area is 167 Å². The van der Waals surface area contributed by atoms with Gasteiger partial charge in [0.2, 0.25) is 0 Å². The molecule has 0 saturated carbocycles. The molecule has 9 heteroatoms. The quantitative estimate of drug-likeness (QED) is 0.590. The summed E-state index contributed by atoms with van der Waals surface area (Å²) in [6.45, 7) is 4.42. The summed E-state index contributed by atoms with van der Waals surface area (Å²) < 4.78 is 11.6. The van der Waals surface area contributed by atoms with Crippen LogP contribution in [-0.4, -0.2) is 39.9 Å². The number of carbonyl (C=O) groups excluding carboxylic acids is 2. The van der Waals surface area contributed by atoms with Crippen molar-refractivity contribution in [2.45, 2.75) is 13.8 Å². The van der Waals surface area contributed by atoms with Crippen LogP contribution in [0.15, 0.2) is 48.8 Å². The molecule has 0 radical (unpaired) electrons. The Morgan fingerprint density at radius 1 is 1.07 bits per heavy atom. The predicted octanol–water partition coefficient (Wildman–Crippen LogP) is 2.68. The van der Waals surface area contributed by atoms with E-state index in [1.165, 1.54) is 17.1 Å². The largest absolute Gasteiger partial charge is 0.494 e. The van der Waals surface area contributed by atoms with Crippen molar-refractivity contribution in [1.82, 2.24) is 14.8 Å². The molecule has 0 fully saturated rings. The lowest BCUT2D eigenvalue weighted by Crippen LogP contribution is -2.13. The molecule has 3 aromatic rings. The molecule has 0 atom stereocenters. The van der Waals surface area contributed by atoms with Crippen molar-refractivity contribution in [3.63, 3.8) is 0 Å². The van der Waals surface area contributed by atoms with Crippen molar-refractivity contribution in [2.24, 2.45) is 0 Å². The van der Waals surface area contributed by atoms with Crippen molar-refractivity contribution in [3.05, 3.63) is 59.9 Å². The highest BCUT2D eigenvalue weighted by atomic mass is 16.5. The van der Waals surface area contributed by atoms with Gasteiger partial charge < -0.3 is 20.5 Å². The van der Waals surface area contributed by atoms with Crippen molar-refractivity contribution in [1.29, 1.82) is 0 Å². The van der Waals surface area contributed by atoms with Crippen LogP contribution in [0, 0.1) is 0 Å². The molecule has 0 aliphatic rings. The summed E-state index contributed by atoms with van der Waals surface area (Å²) in [7, 11) is 0. The highest BCUT2D eigenvalue weighted by molar-refractivity contribution is 6.04. The number of esters is 1. The molecule has 0 aliphatic carbocycles. The summed E-state index contributed by atoms with van der Waals surface area (Å²) >= 11 is 0. The van der Waals surface area contributed by atoms with E-state index in [2.05, 4.69) is 15.4 Å². The molecule has 1 amide bonds. The Bertz CT molecular complexity index is 997. The number of benzene rings is 1. The number of ether oxygens (including phenoxy) is 2. The summed E-state index contributed by atoms with van der Waals surface area (Å²) in [5.41, 5.74) is 7.13. The molecule has 3 rings (SSSR count). The molecule has 0 unspecified atom stereocenters. The van der Waals surface area contributed by atoms with E-state index in [1.807, 2.05) is 6.92 Å². The number of carbonyl (C=O) groups is 2. The van der Waals surface area contributed by atoms with Gasteiger partial charge in [0, 0.05) is 11.9 Å². The molecule has 0 aliphatic heterocycles. The third-order valence-corrected chi connectivity index (χ3v) is 3.95. The van der Waals surface area contributed by atoms with Crippen LogP contribution in [-0.2, 0) is 4.74 Å². The van der Waals surface area contributed by atoms with Crippen molar-refractivity contribution in [2.75, 3.05) is 24.3 Å². The monoisotopic (exact) mass is 395 g/mol. The Balaban J connectivity index is 1.71. The maximum absolute atomic E-state index is 12.4. The number of amides is 1. The van der Waals surface area contributed by atoms with E-state index in [1.54, 1.807) is 43.3 Å². The standard InChI is InChI=1S/C20H21N5O4/c1-3-28-15-8-6-14(7-9-15)24-19(26)13-5-10-17(22-11-13)25-18(21)16(12-23-25)20(27)29-4-2/h5-12H,3-4,21H2,1-2H3,(H,24,26). The van der Waals surface area contributed by atoms with Crippen LogP contribution in [0.3, 0.4) is 0 Å². The van der Waals surface area contributed by atoms with E-state index >= 15 is 0 Å². The average Bonchev–Trinajstić information content (AvgIpc) is 3.11. The molecule has 3 N–H and O–H groups in total. The van der Waals surface area contributed by atoms with Gasteiger partial charge in [-0.05, 0) is 50.2 Å². The van der Waals surface area contributed by atoms with Gasteiger partial charge in [-0.2, -0.15) is 9.78 Å². The molecule has 2 heterocycles. The number of nitrogens with two attached hydrogens (primary N) is 1. The fourth-order valence-electron chi connectivity index (χ4n) is 2.56. The molecule has 29 heavy (non-hydrogen) atoms. The first-order valence-electron chi connectivity index (χ1n) is 9.04. The van der Waals surface area contributed by atoms with Gasteiger partial charge in [0.15, 0.2) is 5.82 Å². The van der Waals surface area contributed by atoms with E-state index in [0.717, 1.165) is 5.75 Å². The van der Waals surface area contributed by atoms with Crippen LogP contribution in [0.5, 0.6) is 5.75 Å². The lowest BCUT2D eigenvalue weighted by molar-refractivity contribution is 0.0527. The maximum atomic E-state index is 12.4. The van der Waals surface area contributed by atoms with Crippen LogP contribution >= 0.6 is 0 Å². The molecular weight excluding hydrogens is 374 g/mol. The molecule has 150 valence electrons. The summed E-state index contributed by atoms with van der Waals surface area (Å²) in [5.74, 6) is 0.352. The summed E-state index contributed by atoms with van der Waals surface area (Å²) in [5, 5.41) is 6.86. The number of nitrogens with one attached hydrogen (secondary N) is 1. The third-order valence-electron chi connectivity index (χ3n) is 3.95. The fraction of sp³-hybridized carbons (Fsp3) is 0.200. The summed E-state index contributed by atoms with van der Waals surface area (Å²) in [6, 6.07) is 10.3. The molecule has 0 saturated heterocycles. The molecule has 0 spiro atoms. The topological polar surface area (TPSA) is 121 Å². The van der Waals surface area contributed by atoms with Crippen molar-refractivity contribution < 1.29 is 19.1 Å². The SMILES string of the molecule is CCOC(=O)c1cnn(-c2ccc(C(=O)Nc3ccc(OCC)cc3)cn2)c1N. The number of aromatic nitrogens is 3. The second-order valence-corrected chi connectivity index (χ2v) is 5.89. The Morgan fingerprint density at radius 3 is 2.45 bits per heavy atom. The summed E-state index contributed by atoms with van der Waals surface area (Å²) in [4.78, 5) is 28.5. The minimum Gasteiger partial charge on any atom is -0.494 e. The highest BCUT2D eigenvalue weighted by Gasteiger charge is 2.18. The Kier molecular flexibility index (Phi) is 6.08. The van der Waals surface area contributed by atoms with Gasteiger partial charge in [-0.15, -0.1) is 0 Å². The summed E-state index contributed by atoms with van der Waals surface area (Å²) in [6.07, 6.45) is 2.73. The average molecular weight is 395 g/mol. The zero-order chi connectivity index (χ0) is 20.8. The minimum atomic E-state index is -0.553. The Morgan fingerprint density at radius 2 is 1.83 bits per heavy atom. The first kappa shape index (κ1) is 19.9. The van der Waals surface area contributed by atoms with E-state index in [9.17, 15) is 9.59 Å². The van der Waals surface area contributed by atoms with Gasteiger partial charge in [0.1, 0.15) is 17.1 Å². The number of rotatable bonds is 7. The van der Waals surface area contributed by atoms with Crippen molar-refractivity contribution in [3.8, 4) is 11.6 Å². The van der Waals surface area contributed by atoms with Crippen LogP contribution in [0.4, 0.5) is 11.5 Å². The van der Waals surface area contributed by atoms with E-state index in [4.69, 9.17) is 15.2 Å². The number of nitrogens with zero attached hydrogens (tertiary/aromatic N) is 3. The van der Waals surface area contributed by atoms with Gasteiger partial charge in [-0.25, -0.2) is 9.78 Å². The number of hydrogen-bond donors (Lipinski definition) is 2. The van der Waals surface area contributed by atoms with Gasteiger partial charge >= 0.3 is 5.97 Å². The highest BCUT2D eigenvalue weighted by Crippen LogP contribution is 2.18. The molecule has 1 aromatic carbocycles. The van der Waals surface area contributed by atoms with Gasteiger partial charge in [-0.1, -0.05) is 0 Å². The number of hydrogen-bond acceptors (Lipinski definition) is 7. The van der Waals surface area contributed by atoms with Gasteiger partial charge in [0.05, 0.1) is 25.0 Å². The zero-order valence-electron chi connectivity index (χ0n) is 16.1. The number of pyridine rings is 1. The molecule has 0 bridgehead atoms. The van der Waals surface area contributed by atoms with Crippen LogP contribution in [0.25, 0.3) is 5.82 Å². The van der Waals surface area contributed by atoms with E-state index in [0.29, 0.717) is 23.7 Å². The van der Waals surface area contributed by atoms with E-state index in [-0.39, 0.29) is 23.9 Å². The lowest BCUT2D eigenvalue weighted by atomic mass is 10.2. The molecule has 2 aromatic heterocycles. The van der Waals surface area contributed by atoms with E-state index < -0.39 is 5.97 Å². The van der Waals surface area contributed by atoms with Crippen LogP contribution in [0.1, 0.15) is 34.6 Å². The number of anilines is 2. The number of nitrogen functional groups attached to an aromatic ring is 1. The zero-order valence-corrected chi connectivity index (χ0v) is 16.1. The normalized spacial score (nSPS) is 10.4. The molecular formula is C20H21N5O4. The Hall–Kier alpha value is -3.88. The van der Waals surface area contributed by atoms with Gasteiger partial charge in [-0.3, -0.25) is 4.79 Å². The van der Waals surface area contributed by atoms with Crippen LogP contribution in [0.2, 0.25) is 0 Å². The molecule has 9 nitrogen and oxygen atoms in total. The minimum absolute atomic E-state index is 0.113. The fourth-order valence-corrected chi connectivity index (χ4v) is 2.56. The van der Waals surface area contributed by atoms with Crippen LogP contribution < -0.4 is 15.8 Å². The smallest absolute Gasteiger partial charge is 0.343 e. The van der Waals surface area contributed by atoms with Gasteiger partial charge in [0.25, 0.3) is 5.91 Å². The first-order valence-corrected chi connectivity index (χ1v) is 9.04. The second-order valence-electron chi connectivity index (χ2n) is 5.89. The van der Waals surface area contributed by atoms with Crippen molar-refractivity contribution >= 4 is 23.4 Å². The second kappa shape index (κ2) is 8.87. The lowest BCUT2D eigenvalue weighted by Gasteiger charge is -2.08. The third kappa shape index (κ3) is 4.52. The first-order chi connectivity index (χ1) is 14.0. The predicted molar refractivity (Wildman–Crippen MR) is 107 cm³/mol. The maximum Gasteiger partial charge on any atom is 0.343 e.